The Bertz CT molecular complexity index is 516. The highest BCUT2D eigenvalue weighted by Gasteiger charge is 2.05. The number of pyridine rings is 1. The highest BCUT2D eigenvalue weighted by atomic mass is 35.5. The largest absolute Gasteiger partial charge is 0.261 e. The standard InChI is InChI=1S/C11H9ClFN3/c1-2-11-15-9(4-10(12)16-11)7-3-8(13)6-14-5-7/h3-6H,2H2,1H3. The number of rotatable bonds is 2. The molecule has 2 heterocycles. The first-order chi connectivity index (χ1) is 7.69. The molecule has 0 radical (unpaired) electrons. The van der Waals surface area contributed by atoms with Gasteiger partial charge in [-0.25, -0.2) is 14.4 Å². The van der Waals surface area contributed by atoms with Gasteiger partial charge in [-0.15, -0.1) is 0 Å². The SMILES string of the molecule is CCc1nc(Cl)cc(-c2cncc(F)c2)n1. The molecule has 0 aliphatic heterocycles. The van der Waals surface area contributed by atoms with Gasteiger partial charge in [0.2, 0.25) is 0 Å². The molecule has 2 aromatic rings. The highest BCUT2D eigenvalue weighted by Crippen LogP contribution is 2.19. The van der Waals surface area contributed by atoms with Crippen molar-refractivity contribution in [3.05, 3.63) is 41.3 Å². The Morgan fingerprint density at radius 3 is 2.75 bits per heavy atom. The molecule has 5 heteroatoms. The van der Waals surface area contributed by atoms with E-state index in [0.29, 0.717) is 28.7 Å². The van der Waals surface area contributed by atoms with Gasteiger partial charge in [0.15, 0.2) is 0 Å². The summed E-state index contributed by atoms with van der Waals surface area (Å²) >= 11 is 5.85. The van der Waals surface area contributed by atoms with E-state index in [1.54, 1.807) is 12.3 Å². The fourth-order valence-corrected chi connectivity index (χ4v) is 1.52. The van der Waals surface area contributed by atoms with Crippen LogP contribution >= 0.6 is 11.6 Å². The molecule has 3 nitrogen and oxygen atoms in total. The Hall–Kier alpha value is -1.55. The lowest BCUT2D eigenvalue weighted by Crippen LogP contribution is -1.96. The number of hydrogen-bond donors (Lipinski definition) is 0. The quantitative estimate of drug-likeness (QED) is 0.754. The predicted octanol–water partition coefficient (Wildman–Crippen LogP) is 2.89. The summed E-state index contributed by atoms with van der Waals surface area (Å²) < 4.78 is 13.0. The van der Waals surface area contributed by atoms with Crippen molar-refractivity contribution in [2.75, 3.05) is 0 Å². The smallest absolute Gasteiger partial charge is 0.142 e. The fraction of sp³-hybridized carbons (Fsp3) is 0.182. The second-order valence-corrected chi connectivity index (χ2v) is 3.62. The summed E-state index contributed by atoms with van der Waals surface area (Å²) in [5, 5.41) is 0.353. The molecule has 0 atom stereocenters. The number of nitrogens with zero attached hydrogens (tertiary/aromatic N) is 3. The third-order valence-corrected chi connectivity index (χ3v) is 2.25. The third-order valence-electron chi connectivity index (χ3n) is 2.06. The Morgan fingerprint density at radius 1 is 1.25 bits per heavy atom. The molecule has 0 aromatic carbocycles. The molecule has 0 amide bonds. The summed E-state index contributed by atoms with van der Waals surface area (Å²) in [6.07, 6.45) is 3.37. The zero-order valence-corrected chi connectivity index (χ0v) is 9.37. The minimum absolute atomic E-state index is 0.353. The van der Waals surface area contributed by atoms with Gasteiger partial charge in [-0.05, 0) is 6.07 Å². The van der Waals surface area contributed by atoms with Crippen molar-refractivity contribution in [2.24, 2.45) is 0 Å². The lowest BCUT2D eigenvalue weighted by molar-refractivity contribution is 0.622. The summed E-state index contributed by atoms with van der Waals surface area (Å²) in [5.74, 6) is 0.233. The second kappa shape index (κ2) is 4.53. The summed E-state index contributed by atoms with van der Waals surface area (Å²) in [7, 11) is 0. The lowest BCUT2D eigenvalue weighted by atomic mass is 10.2. The molecule has 0 bridgehead atoms. The lowest BCUT2D eigenvalue weighted by Gasteiger charge is -2.03. The monoisotopic (exact) mass is 237 g/mol. The van der Waals surface area contributed by atoms with Gasteiger partial charge < -0.3 is 0 Å². The van der Waals surface area contributed by atoms with Crippen LogP contribution in [0, 0.1) is 5.82 Å². The molecular weight excluding hydrogens is 229 g/mol. The van der Waals surface area contributed by atoms with E-state index in [0.717, 1.165) is 6.20 Å². The van der Waals surface area contributed by atoms with Crippen LogP contribution in [0.4, 0.5) is 4.39 Å². The highest BCUT2D eigenvalue weighted by molar-refractivity contribution is 6.29. The van der Waals surface area contributed by atoms with Crippen LogP contribution in [0.25, 0.3) is 11.3 Å². The van der Waals surface area contributed by atoms with Gasteiger partial charge in [-0.1, -0.05) is 18.5 Å². The van der Waals surface area contributed by atoms with Crippen molar-refractivity contribution in [2.45, 2.75) is 13.3 Å². The van der Waals surface area contributed by atoms with Crippen LogP contribution < -0.4 is 0 Å². The van der Waals surface area contributed by atoms with Gasteiger partial charge in [0.25, 0.3) is 0 Å². The Balaban J connectivity index is 2.51. The molecule has 0 spiro atoms. The molecule has 16 heavy (non-hydrogen) atoms. The molecule has 0 unspecified atom stereocenters. The van der Waals surface area contributed by atoms with Crippen LogP contribution in [0.1, 0.15) is 12.7 Å². The van der Waals surface area contributed by atoms with Crippen molar-refractivity contribution >= 4 is 11.6 Å². The van der Waals surface area contributed by atoms with Crippen LogP contribution in [0.2, 0.25) is 5.15 Å². The number of aryl methyl sites for hydroxylation is 1. The molecule has 0 saturated carbocycles. The van der Waals surface area contributed by atoms with Crippen molar-refractivity contribution in [1.29, 1.82) is 0 Å². The van der Waals surface area contributed by atoms with Crippen molar-refractivity contribution in [1.82, 2.24) is 15.0 Å². The maximum atomic E-state index is 13.0. The van der Waals surface area contributed by atoms with Crippen LogP contribution in [0.5, 0.6) is 0 Å². The maximum Gasteiger partial charge on any atom is 0.142 e. The van der Waals surface area contributed by atoms with E-state index in [4.69, 9.17) is 11.6 Å². The maximum absolute atomic E-state index is 13.0. The van der Waals surface area contributed by atoms with Crippen LogP contribution in [0.3, 0.4) is 0 Å². The Kier molecular flexibility index (Phi) is 3.10. The molecule has 2 aromatic heterocycles. The summed E-state index contributed by atoms with van der Waals surface area (Å²) in [5.41, 5.74) is 1.18. The first kappa shape index (κ1) is 11.0. The van der Waals surface area contributed by atoms with Crippen molar-refractivity contribution in [3.8, 4) is 11.3 Å². The van der Waals surface area contributed by atoms with E-state index in [2.05, 4.69) is 15.0 Å². The van der Waals surface area contributed by atoms with E-state index in [1.807, 2.05) is 6.92 Å². The van der Waals surface area contributed by atoms with E-state index in [9.17, 15) is 4.39 Å². The predicted molar refractivity (Wildman–Crippen MR) is 59.6 cm³/mol. The number of halogens is 2. The summed E-state index contributed by atoms with van der Waals surface area (Å²) in [6.45, 7) is 1.93. The zero-order valence-electron chi connectivity index (χ0n) is 8.61. The van der Waals surface area contributed by atoms with Gasteiger partial charge in [0.1, 0.15) is 16.8 Å². The van der Waals surface area contributed by atoms with Crippen LogP contribution in [0.15, 0.2) is 24.5 Å². The van der Waals surface area contributed by atoms with Crippen LogP contribution in [-0.4, -0.2) is 15.0 Å². The minimum Gasteiger partial charge on any atom is -0.261 e. The molecule has 0 aliphatic rings. The molecule has 0 N–H and O–H groups in total. The molecular formula is C11H9ClFN3. The second-order valence-electron chi connectivity index (χ2n) is 3.24. The Morgan fingerprint density at radius 2 is 2.06 bits per heavy atom. The average molecular weight is 238 g/mol. The molecule has 82 valence electrons. The van der Waals surface area contributed by atoms with Gasteiger partial charge >= 0.3 is 0 Å². The third kappa shape index (κ3) is 2.33. The first-order valence-corrected chi connectivity index (χ1v) is 5.21. The minimum atomic E-state index is -0.398. The zero-order chi connectivity index (χ0) is 11.5. The van der Waals surface area contributed by atoms with Gasteiger partial charge in [0, 0.05) is 24.2 Å². The molecule has 2 rings (SSSR count). The topological polar surface area (TPSA) is 38.7 Å². The molecule has 0 saturated heterocycles. The Labute approximate surface area is 97.3 Å². The molecule has 0 fully saturated rings. The summed E-state index contributed by atoms with van der Waals surface area (Å²) in [6, 6.07) is 2.96. The van der Waals surface area contributed by atoms with Gasteiger partial charge in [-0.3, -0.25) is 4.98 Å². The normalized spacial score (nSPS) is 10.4. The van der Waals surface area contributed by atoms with Crippen molar-refractivity contribution < 1.29 is 4.39 Å². The van der Waals surface area contributed by atoms with E-state index in [1.165, 1.54) is 6.07 Å². The fourth-order valence-electron chi connectivity index (χ4n) is 1.32. The number of aromatic nitrogens is 3. The van der Waals surface area contributed by atoms with Crippen LogP contribution in [-0.2, 0) is 6.42 Å². The average Bonchev–Trinajstić information content (AvgIpc) is 2.28. The van der Waals surface area contributed by atoms with Crippen molar-refractivity contribution in [3.63, 3.8) is 0 Å². The summed E-state index contributed by atoms with van der Waals surface area (Å²) in [4.78, 5) is 12.1. The number of hydrogen-bond acceptors (Lipinski definition) is 3. The van der Waals surface area contributed by atoms with E-state index < -0.39 is 5.82 Å². The first-order valence-electron chi connectivity index (χ1n) is 4.83. The van der Waals surface area contributed by atoms with Gasteiger partial charge in [-0.2, -0.15) is 0 Å². The molecule has 0 aliphatic carbocycles. The van der Waals surface area contributed by atoms with Gasteiger partial charge in [0.05, 0.1) is 11.9 Å². The van der Waals surface area contributed by atoms with E-state index >= 15 is 0 Å². The van der Waals surface area contributed by atoms with E-state index in [-0.39, 0.29) is 0 Å².